The number of halogens is 1. The Hall–Kier alpha value is -0.340. The molecule has 0 radical (unpaired) electrons. The third-order valence-electron chi connectivity index (χ3n) is 3.50. The van der Waals surface area contributed by atoms with Crippen LogP contribution in [0.25, 0.3) is 0 Å². The van der Waals surface area contributed by atoms with Crippen LogP contribution in [-0.4, -0.2) is 12.6 Å². The van der Waals surface area contributed by atoms with E-state index < -0.39 is 0 Å². The number of hydrogen-bond acceptors (Lipinski definition) is 1. The summed E-state index contributed by atoms with van der Waals surface area (Å²) in [4.78, 5) is 0. The van der Waals surface area contributed by atoms with E-state index in [-0.39, 0.29) is 0 Å². The van der Waals surface area contributed by atoms with Crippen molar-refractivity contribution in [3.8, 4) is 0 Å². The lowest BCUT2D eigenvalue weighted by atomic mass is 9.92. The summed E-state index contributed by atoms with van der Waals surface area (Å²) < 4.78 is 1.19. The molecule has 0 saturated carbocycles. The van der Waals surface area contributed by atoms with E-state index in [1.54, 1.807) is 0 Å². The minimum Gasteiger partial charge on any atom is -0.314 e. The zero-order valence-corrected chi connectivity index (χ0v) is 14.2. The Balaban J connectivity index is 2.57. The Bertz CT molecular complexity index is 349. The topological polar surface area (TPSA) is 12.0 Å². The molecule has 0 spiro atoms. The maximum absolute atomic E-state index is 3.59. The molecule has 108 valence electrons. The maximum atomic E-state index is 3.59. The molecule has 0 heterocycles. The Kier molecular flexibility index (Phi) is 8.40. The largest absolute Gasteiger partial charge is 0.314 e. The van der Waals surface area contributed by atoms with Crippen LogP contribution in [0.1, 0.15) is 64.4 Å². The number of hydrogen-bond donors (Lipinski definition) is 1. The van der Waals surface area contributed by atoms with Crippen molar-refractivity contribution < 1.29 is 0 Å². The van der Waals surface area contributed by atoms with Gasteiger partial charge in [0.05, 0.1) is 0 Å². The van der Waals surface area contributed by atoms with E-state index in [9.17, 15) is 0 Å². The van der Waals surface area contributed by atoms with Crippen LogP contribution < -0.4 is 5.32 Å². The van der Waals surface area contributed by atoms with E-state index in [1.807, 2.05) is 0 Å². The van der Waals surface area contributed by atoms with Crippen molar-refractivity contribution in [2.24, 2.45) is 0 Å². The average molecular weight is 326 g/mol. The molecule has 0 aliphatic heterocycles. The first-order valence-corrected chi connectivity index (χ1v) is 8.41. The van der Waals surface area contributed by atoms with Gasteiger partial charge in [-0.25, -0.2) is 0 Å². The van der Waals surface area contributed by atoms with Crippen LogP contribution in [0, 0.1) is 0 Å². The zero-order chi connectivity index (χ0) is 14.1. The summed E-state index contributed by atoms with van der Waals surface area (Å²) in [5, 5.41) is 3.59. The van der Waals surface area contributed by atoms with Gasteiger partial charge in [0.25, 0.3) is 0 Å². The van der Waals surface area contributed by atoms with Crippen LogP contribution in [0.5, 0.6) is 0 Å². The smallest absolute Gasteiger partial charge is 0.0178 e. The number of benzene rings is 1. The van der Waals surface area contributed by atoms with Crippen LogP contribution in [0.2, 0.25) is 0 Å². The second-order valence-corrected chi connectivity index (χ2v) is 6.58. The molecule has 1 nitrogen and oxygen atoms in total. The van der Waals surface area contributed by atoms with Gasteiger partial charge in [0, 0.05) is 17.1 Å². The van der Waals surface area contributed by atoms with Crippen molar-refractivity contribution >= 4 is 15.9 Å². The molecule has 0 aromatic heterocycles. The van der Waals surface area contributed by atoms with Crippen molar-refractivity contribution in [3.05, 3.63) is 34.3 Å². The molecule has 2 heteroatoms. The first kappa shape index (κ1) is 16.7. The first-order chi connectivity index (χ1) is 9.13. The van der Waals surface area contributed by atoms with Crippen molar-refractivity contribution in [3.63, 3.8) is 0 Å². The Labute approximate surface area is 127 Å². The van der Waals surface area contributed by atoms with Gasteiger partial charge < -0.3 is 5.32 Å². The van der Waals surface area contributed by atoms with E-state index in [0.29, 0.717) is 12.0 Å². The number of rotatable bonds is 9. The molecule has 0 fully saturated rings. The highest BCUT2D eigenvalue weighted by molar-refractivity contribution is 9.10. The lowest BCUT2D eigenvalue weighted by molar-refractivity contribution is 0.486. The van der Waals surface area contributed by atoms with Gasteiger partial charge in [-0.15, -0.1) is 0 Å². The third kappa shape index (κ3) is 7.12. The summed E-state index contributed by atoms with van der Waals surface area (Å²) in [6.07, 6.45) is 6.66. The molecule has 1 aromatic rings. The molecule has 19 heavy (non-hydrogen) atoms. The highest BCUT2D eigenvalue weighted by Gasteiger charge is 2.12. The predicted molar refractivity (Wildman–Crippen MR) is 88.8 cm³/mol. The van der Waals surface area contributed by atoms with Gasteiger partial charge in [-0.05, 0) is 30.0 Å². The van der Waals surface area contributed by atoms with Gasteiger partial charge in [0.15, 0.2) is 0 Å². The quantitative estimate of drug-likeness (QED) is 0.591. The Morgan fingerprint density at radius 3 is 2.58 bits per heavy atom. The fraction of sp³-hybridized carbons (Fsp3) is 0.647. The monoisotopic (exact) mass is 325 g/mol. The predicted octanol–water partition coefficient (Wildman–Crippen LogP) is 5.50. The van der Waals surface area contributed by atoms with E-state index in [4.69, 9.17) is 0 Å². The Morgan fingerprint density at radius 2 is 1.95 bits per heavy atom. The molecular formula is C17H28BrN. The average Bonchev–Trinajstić information content (AvgIpc) is 2.37. The van der Waals surface area contributed by atoms with Gasteiger partial charge in [-0.1, -0.05) is 74.5 Å². The van der Waals surface area contributed by atoms with Crippen molar-refractivity contribution in [2.75, 3.05) is 6.54 Å². The molecule has 1 N–H and O–H groups in total. The Morgan fingerprint density at radius 1 is 1.16 bits per heavy atom. The zero-order valence-electron chi connectivity index (χ0n) is 12.6. The van der Waals surface area contributed by atoms with E-state index in [2.05, 4.69) is 66.3 Å². The third-order valence-corrected chi connectivity index (χ3v) is 3.99. The normalized spacial score (nSPS) is 12.9. The van der Waals surface area contributed by atoms with Gasteiger partial charge in [0.1, 0.15) is 0 Å². The van der Waals surface area contributed by atoms with E-state index >= 15 is 0 Å². The standard InChI is InChI=1S/C17H28BrN/c1-4-5-6-7-9-16(13-19-14(2)3)15-10-8-11-17(18)12-15/h8,10-12,14,16,19H,4-7,9,13H2,1-3H3. The van der Waals surface area contributed by atoms with E-state index in [1.165, 1.54) is 42.1 Å². The van der Waals surface area contributed by atoms with Crippen LogP contribution >= 0.6 is 15.9 Å². The van der Waals surface area contributed by atoms with Gasteiger partial charge >= 0.3 is 0 Å². The molecule has 0 aliphatic rings. The van der Waals surface area contributed by atoms with Gasteiger partial charge in [0.2, 0.25) is 0 Å². The van der Waals surface area contributed by atoms with Gasteiger partial charge in [-0.3, -0.25) is 0 Å². The molecule has 1 aromatic carbocycles. The maximum Gasteiger partial charge on any atom is 0.0178 e. The summed E-state index contributed by atoms with van der Waals surface area (Å²) in [7, 11) is 0. The minimum absolute atomic E-state index is 0.560. The highest BCUT2D eigenvalue weighted by atomic mass is 79.9. The van der Waals surface area contributed by atoms with Gasteiger partial charge in [-0.2, -0.15) is 0 Å². The molecule has 1 unspecified atom stereocenters. The van der Waals surface area contributed by atoms with Crippen LogP contribution in [0.15, 0.2) is 28.7 Å². The fourth-order valence-corrected chi connectivity index (χ4v) is 2.76. The number of nitrogens with one attached hydrogen (secondary N) is 1. The number of unbranched alkanes of at least 4 members (excludes halogenated alkanes) is 3. The molecule has 1 rings (SSSR count). The molecular weight excluding hydrogens is 298 g/mol. The molecule has 0 bridgehead atoms. The SMILES string of the molecule is CCCCCCC(CNC(C)C)c1cccc(Br)c1. The highest BCUT2D eigenvalue weighted by Crippen LogP contribution is 2.25. The van der Waals surface area contributed by atoms with Crippen LogP contribution in [-0.2, 0) is 0 Å². The molecule has 1 atom stereocenters. The van der Waals surface area contributed by atoms with Crippen molar-refractivity contribution in [2.45, 2.75) is 64.8 Å². The van der Waals surface area contributed by atoms with Crippen molar-refractivity contribution in [1.82, 2.24) is 5.32 Å². The minimum atomic E-state index is 0.560. The molecule has 0 amide bonds. The summed E-state index contributed by atoms with van der Waals surface area (Å²) in [6, 6.07) is 9.34. The van der Waals surface area contributed by atoms with E-state index in [0.717, 1.165) is 6.54 Å². The fourth-order valence-electron chi connectivity index (χ4n) is 2.34. The lowest BCUT2D eigenvalue weighted by Gasteiger charge is -2.20. The van der Waals surface area contributed by atoms with Crippen LogP contribution in [0.4, 0.5) is 0 Å². The molecule has 0 aliphatic carbocycles. The van der Waals surface area contributed by atoms with Crippen molar-refractivity contribution in [1.29, 1.82) is 0 Å². The summed E-state index contributed by atoms with van der Waals surface area (Å²) in [6.45, 7) is 7.79. The summed E-state index contributed by atoms with van der Waals surface area (Å²) >= 11 is 3.58. The second kappa shape index (κ2) is 9.55. The summed E-state index contributed by atoms with van der Waals surface area (Å²) in [5.74, 6) is 0.636. The molecule has 0 saturated heterocycles. The lowest BCUT2D eigenvalue weighted by Crippen LogP contribution is -2.28. The second-order valence-electron chi connectivity index (χ2n) is 5.66. The summed E-state index contributed by atoms with van der Waals surface area (Å²) in [5.41, 5.74) is 1.46. The first-order valence-electron chi connectivity index (χ1n) is 7.62. The van der Waals surface area contributed by atoms with Crippen LogP contribution in [0.3, 0.4) is 0 Å².